The van der Waals surface area contributed by atoms with E-state index in [1.165, 1.54) is 23.3 Å². The van der Waals surface area contributed by atoms with E-state index in [9.17, 15) is 4.79 Å². The molecule has 5 aromatic rings. The number of likely N-dealkylation sites (N-methyl/N-ethyl adjacent to an activating group) is 1. The van der Waals surface area contributed by atoms with Gasteiger partial charge < -0.3 is 15.0 Å². The van der Waals surface area contributed by atoms with Crippen LogP contribution in [0.25, 0.3) is 16.9 Å². The van der Waals surface area contributed by atoms with E-state index in [2.05, 4.69) is 49.9 Å². The van der Waals surface area contributed by atoms with Gasteiger partial charge in [0.25, 0.3) is 0 Å². The summed E-state index contributed by atoms with van der Waals surface area (Å²) in [6.07, 6.45) is 5.93. The zero-order valence-electron chi connectivity index (χ0n) is 23.6. The van der Waals surface area contributed by atoms with Gasteiger partial charge in [0.2, 0.25) is 0 Å². The van der Waals surface area contributed by atoms with Gasteiger partial charge in [0.15, 0.2) is 0 Å². The lowest BCUT2D eigenvalue weighted by atomic mass is 9.99. The summed E-state index contributed by atoms with van der Waals surface area (Å²) >= 11 is 0. The highest BCUT2D eigenvalue weighted by atomic mass is 19.1. The summed E-state index contributed by atoms with van der Waals surface area (Å²) in [6, 6.07) is 15.2. The number of hydrogen-bond acceptors (Lipinski definition) is 6. The number of anilines is 2. The third-order valence-corrected chi connectivity index (χ3v) is 7.15. The first kappa shape index (κ1) is 27.2. The summed E-state index contributed by atoms with van der Waals surface area (Å²) in [5.41, 5.74) is 5.75. The van der Waals surface area contributed by atoms with E-state index in [0.717, 1.165) is 36.5 Å². The molecular formula is C31H31FN8O2. The van der Waals surface area contributed by atoms with Crippen molar-refractivity contribution in [2.24, 2.45) is 0 Å². The molecule has 10 nitrogen and oxygen atoms in total. The average Bonchev–Trinajstić information content (AvgIpc) is 3.66. The summed E-state index contributed by atoms with van der Waals surface area (Å²) < 4.78 is 22.6. The van der Waals surface area contributed by atoms with E-state index in [1.54, 1.807) is 41.5 Å². The van der Waals surface area contributed by atoms with Gasteiger partial charge in [-0.15, -0.1) is 0 Å². The molecule has 0 atom stereocenters. The fraction of sp³-hybridized carbons (Fsp3) is 0.226. The second-order valence-corrected chi connectivity index (χ2v) is 10.6. The summed E-state index contributed by atoms with van der Waals surface area (Å²) in [6.45, 7) is 5.99. The van der Waals surface area contributed by atoms with Gasteiger partial charge >= 0.3 is 6.03 Å². The maximum absolute atomic E-state index is 15.0. The Bertz CT molecular complexity index is 1730. The van der Waals surface area contributed by atoms with Crippen LogP contribution in [0.2, 0.25) is 0 Å². The Balaban J connectivity index is 1.17. The highest BCUT2D eigenvalue weighted by Crippen LogP contribution is 2.29. The molecule has 3 aromatic heterocycles. The number of fused-ring (bicyclic) bond motifs is 1. The largest absolute Gasteiger partial charge is 0.457 e. The number of urea groups is 1. The predicted molar refractivity (Wildman–Crippen MR) is 159 cm³/mol. The minimum atomic E-state index is -0.636. The van der Waals surface area contributed by atoms with Gasteiger partial charge in [-0.3, -0.25) is 15.4 Å². The molecular weight excluding hydrogens is 535 g/mol. The van der Waals surface area contributed by atoms with Crippen LogP contribution < -0.4 is 15.4 Å². The second kappa shape index (κ2) is 11.5. The molecule has 0 bridgehead atoms. The lowest BCUT2D eigenvalue weighted by molar-refractivity contribution is 0.262. The fourth-order valence-corrected chi connectivity index (χ4v) is 4.87. The molecule has 6 rings (SSSR count). The number of aromatic amines is 1. The number of nitrogens with zero attached hydrogens (tertiary/aromatic N) is 5. The number of nitrogens with one attached hydrogen (secondary N) is 3. The zero-order valence-corrected chi connectivity index (χ0v) is 23.6. The molecule has 2 amide bonds. The van der Waals surface area contributed by atoms with Crippen LogP contribution in [-0.4, -0.2) is 49.5 Å². The molecule has 1 aliphatic rings. The van der Waals surface area contributed by atoms with Gasteiger partial charge in [0.1, 0.15) is 23.1 Å². The highest BCUT2D eigenvalue weighted by Gasteiger charge is 2.19. The van der Waals surface area contributed by atoms with Crippen LogP contribution in [0, 0.1) is 5.82 Å². The van der Waals surface area contributed by atoms with Crippen molar-refractivity contribution in [3.05, 3.63) is 95.8 Å². The third kappa shape index (κ3) is 5.86. The number of halogens is 1. The van der Waals surface area contributed by atoms with Crippen molar-refractivity contribution in [1.29, 1.82) is 0 Å². The van der Waals surface area contributed by atoms with E-state index < -0.39 is 11.8 Å². The van der Waals surface area contributed by atoms with Crippen molar-refractivity contribution in [1.82, 2.24) is 29.9 Å². The standard InChI is InChI=1S/C31H31FN8O2/c1-19(2)28-15-30(40(38-28)23-5-4-21-18-39(3)11-9-20(21)12-23)37-31(41)36-27-7-6-24(13-26(27)32)42-25-8-10-33-29(14-25)22-16-34-35-17-22/h4-8,10,12-17,19H,9,11,18H2,1-3H3,(H,34,35)(H2,36,37,41). The van der Waals surface area contributed by atoms with Crippen molar-refractivity contribution < 1.29 is 13.9 Å². The number of hydrogen-bond donors (Lipinski definition) is 3. The molecule has 1 aliphatic heterocycles. The van der Waals surface area contributed by atoms with Gasteiger partial charge in [-0.25, -0.2) is 13.9 Å². The van der Waals surface area contributed by atoms with Crippen LogP contribution >= 0.6 is 0 Å². The molecule has 0 fully saturated rings. The molecule has 4 heterocycles. The Morgan fingerprint density at radius 3 is 2.69 bits per heavy atom. The Kier molecular flexibility index (Phi) is 7.41. The number of rotatable bonds is 7. The Morgan fingerprint density at radius 2 is 1.90 bits per heavy atom. The first-order valence-corrected chi connectivity index (χ1v) is 13.7. The van der Waals surface area contributed by atoms with Crippen molar-refractivity contribution >= 4 is 17.5 Å². The molecule has 3 N–H and O–H groups in total. The smallest absolute Gasteiger partial charge is 0.324 e. The van der Waals surface area contributed by atoms with Crippen LogP contribution in [0.15, 0.2) is 73.2 Å². The van der Waals surface area contributed by atoms with Crippen LogP contribution in [-0.2, 0) is 13.0 Å². The molecule has 214 valence electrons. The quantitative estimate of drug-likeness (QED) is 0.212. The molecule has 0 saturated heterocycles. The molecule has 0 saturated carbocycles. The first-order chi connectivity index (χ1) is 20.3. The second-order valence-electron chi connectivity index (χ2n) is 10.6. The van der Waals surface area contributed by atoms with Crippen molar-refractivity contribution in [3.63, 3.8) is 0 Å². The van der Waals surface area contributed by atoms with Gasteiger partial charge in [-0.2, -0.15) is 10.2 Å². The van der Waals surface area contributed by atoms with Crippen LogP contribution in [0.1, 0.15) is 36.6 Å². The van der Waals surface area contributed by atoms with Crippen molar-refractivity contribution in [2.45, 2.75) is 32.7 Å². The van der Waals surface area contributed by atoms with E-state index >= 15 is 4.39 Å². The van der Waals surface area contributed by atoms with E-state index in [0.29, 0.717) is 17.3 Å². The van der Waals surface area contributed by atoms with E-state index in [1.807, 2.05) is 26.0 Å². The van der Waals surface area contributed by atoms with Gasteiger partial charge in [-0.05, 0) is 60.8 Å². The van der Waals surface area contributed by atoms with Crippen LogP contribution in [0.5, 0.6) is 11.5 Å². The number of carbonyl (C=O) groups is 1. The maximum atomic E-state index is 15.0. The number of amides is 2. The van der Waals surface area contributed by atoms with E-state index in [4.69, 9.17) is 9.84 Å². The van der Waals surface area contributed by atoms with Gasteiger partial charge in [-0.1, -0.05) is 19.9 Å². The van der Waals surface area contributed by atoms with Gasteiger partial charge in [0, 0.05) is 49.2 Å². The summed E-state index contributed by atoms with van der Waals surface area (Å²) in [5, 5.41) is 16.9. The van der Waals surface area contributed by atoms with Gasteiger partial charge in [0.05, 0.1) is 29.0 Å². The van der Waals surface area contributed by atoms with Crippen LogP contribution in [0.3, 0.4) is 0 Å². The average molecular weight is 567 g/mol. The lowest BCUT2D eigenvalue weighted by Crippen LogP contribution is -2.26. The normalized spacial score (nSPS) is 13.2. The molecule has 0 radical (unpaired) electrons. The molecule has 0 unspecified atom stereocenters. The minimum Gasteiger partial charge on any atom is -0.457 e. The monoisotopic (exact) mass is 566 g/mol. The Hall–Kier alpha value is -5.03. The number of ether oxygens (including phenoxy) is 1. The SMILES string of the molecule is CC(C)c1cc(NC(=O)Nc2ccc(Oc3ccnc(-c4cn[nH]c4)c3)cc2F)n(-c2ccc3c(c2)CCN(C)C3)n1. The number of benzene rings is 2. The maximum Gasteiger partial charge on any atom is 0.324 e. The summed E-state index contributed by atoms with van der Waals surface area (Å²) in [4.78, 5) is 19.6. The lowest BCUT2D eigenvalue weighted by Gasteiger charge is -2.25. The first-order valence-electron chi connectivity index (χ1n) is 13.7. The van der Waals surface area contributed by atoms with E-state index in [-0.39, 0.29) is 17.4 Å². The molecule has 0 aliphatic carbocycles. The molecule has 11 heteroatoms. The molecule has 0 spiro atoms. The Morgan fingerprint density at radius 1 is 1.05 bits per heavy atom. The molecule has 42 heavy (non-hydrogen) atoms. The fourth-order valence-electron chi connectivity index (χ4n) is 4.87. The number of pyridine rings is 1. The number of aromatic nitrogens is 5. The number of carbonyl (C=O) groups excluding carboxylic acids is 1. The summed E-state index contributed by atoms with van der Waals surface area (Å²) in [7, 11) is 2.11. The van der Waals surface area contributed by atoms with Crippen LogP contribution in [0.4, 0.5) is 20.7 Å². The zero-order chi connectivity index (χ0) is 29.2. The highest BCUT2D eigenvalue weighted by molar-refractivity contribution is 5.99. The third-order valence-electron chi connectivity index (χ3n) is 7.15. The predicted octanol–water partition coefficient (Wildman–Crippen LogP) is 6.34. The summed E-state index contributed by atoms with van der Waals surface area (Å²) in [5.74, 6) is 0.782. The number of H-pyrrole nitrogens is 1. The Labute approximate surface area is 242 Å². The van der Waals surface area contributed by atoms with Crippen molar-refractivity contribution in [2.75, 3.05) is 24.2 Å². The minimum absolute atomic E-state index is 0.0155. The van der Waals surface area contributed by atoms with Crippen molar-refractivity contribution in [3.8, 4) is 28.4 Å². The topological polar surface area (TPSA) is 113 Å². The molecule has 2 aromatic carbocycles.